The number of nitrogens with zero attached hydrogens (tertiary/aromatic N) is 3. The van der Waals surface area contributed by atoms with Crippen LogP contribution in [0.15, 0.2) is 12.4 Å². The quantitative estimate of drug-likeness (QED) is 0.860. The smallest absolute Gasteiger partial charge is 0.147 e. The summed E-state index contributed by atoms with van der Waals surface area (Å²) < 4.78 is 5.43. The van der Waals surface area contributed by atoms with E-state index in [1.54, 1.807) is 0 Å². The largest absolute Gasteiger partial charge is 0.377 e. The van der Waals surface area contributed by atoms with Gasteiger partial charge in [-0.25, -0.2) is 4.98 Å². The highest BCUT2D eigenvalue weighted by Crippen LogP contribution is 2.19. The van der Waals surface area contributed by atoms with Crippen molar-refractivity contribution in [1.29, 1.82) is 0 Å². The number of aromatic nitrogens is 2. The van der Waals surface area contributed by atoms with Crippen molar-refractivity contribution >= 4 is 5.82 Å². The molecule has 1 atom stereocenters. The first-order chi connectivity index (χ1) is 8.83. The Morgan fingerprint density at radius 1 is 1.39 bits per heavy atom. The fraction of sp³-hybridized carbons (Fsp3) is 0.692. The standard InChI is InChI=1S/C13H20N4O/c1-10-9-18-5-4-17(10)13-8-15-12(7-16-13)6-14-11-2-3-11/h7-8,10-11,14H,2-6,9H2,1H3. The SMILES string of the molecule is CC1COCCN1c1cnc(CNC2CC2)cn1. The predicted molar refractivity (Wildman–Crippen MR) is 69.5 cm³/mol. The van der Waals surface area contributed by atoms with Gasteiger partial charge >= 0.3 is 0 Å². The highest BCUT2D eigenvalue weighted by molar-refractivity contribution is 5.37. The van der Waals surface area contributed by atoms with Gasteiger partial charge in [-0.15, -0.1) is 0 Å². The monoisotopic (exact) mass is 248 g/mol. The van der Waals surface area contributed by atoms with E-state index in [2.05, 4.69) is 27.1 Å². The number of nitrogens with one attached hydrogen (secondary N) is 1. The maximum atomic E-state index is 5.43. The third-order valence-corrected chi connectivity index (χ3v) is 3.50. The van der Waals surface area contributed by atoms with Gasteiger partial charge in [0.05, 0.1) is 37.3 Å². The first kappa shape index (κ1) is 11.9. The minimum atomic E-state index is 0.378. The van der Waals surface area contributed by atoms with E-state index in [9.17, 15) is 0 Å². The molecule has 5 heteroatoms. The van der Waals surface area contributed by atoms with Gasteiger partial charge in [-0.2, -0.15) is 0 Å². The van der Waals surface area contributed by atoms with Crippen molar-refractivity contribution in [3.63, 3.8) is 0 Å². The van der Waals surface area contributed by atoms with Crippen molar-refractivity contribution in [2.24, 2.45) is 0 Å². The lowest BCUT2D eigenvalue weighted by molar-refractivity contribution is 0.0985. The van der Waals surface area contributed by atoms with E-state index in [0.717, 1.165) is 37.8 Å². The average Bonchev–Trinajstić information content (AvgIpc) is 3.22. The minimum absolute atomic E-state index is 0.378. The van der Waals surface area contributed by atoms with Crippen LogP contribution in [0, 0.1) is 0 Å². The maximum absolute atomic E-state index is 5.43. The molecular weight excluding hydrogens is 228 g/mol. The Balaban J connectivity index is 1.61. The minimum Gasteiger partial charge on any atom is -0.377 e. The molecule has 0 spiro atoms. The second-order valence-corrected chi connectivity index (χ2v) is 5.14. The first-order valence-corrected chi connectivity index (χ1v) is 6.71. The normalized spacial score (nSPS) is 24.3. The topological polar surface area (TPSA) is 50.3 Å². The van der Waals surface area contributed by atoms with E-state index in [1.165, 1.54) is 12.8 Å². The van der Waals surface area contributed by atoms with Gasteiger partial charge in [0, 0.05) is 19.1 Å². The van der Waals surface area contributed by atoms with Crippen molar-refractivity contribution in [1.82, 2.24) is 15.3 Å². The van der Waals surface area contributed by atoms with Gasteiger partial charge in [0.1, 0.15) is 5.82 Å². The summed E-state index contributed by atoms with van der Waals surface area (Å²) in [5, 5.41) is 3.44. The molecule has 1 saturated heterocycles. The zero-order valence-electron chi connectivity index (χ0n) is 10.8. The lowest BCUT2D eigenvalue weighted by Gasteiger charge is -2.33. The molecule has 3 rings (SSSR count). The van der Waals surface area contributed by atoms with Gasteiger partial charge in [0.15, 0.2) is 0 Å². The molecule has 18 heavy (non-hydrogen) atoms. The number of anilines is 1. The van der Waals surface area contributed by atoms with Gasteiger partial charge in [-0.05, 0) is 19.8 Å². The van der Waals surface area contributed by atoms with Crippen LogP contribution in [0.2, 0.25) is 0 Å². The summed E-state index contributed by atoms with van der Waals surface area (Å²) >= 11 is 0. The van der Waals surface area contributed by atoms with E-state index in [1.807, 2.05) is 12.4 Å². The van der Waals surface area contributed by atoms with Gasteiger partial charge in [0.2, 0.25) is 0 Å². The third kappa shape index (κ3) is 2.79. The van der Waals surface area contributed by atoms with Crippen LogP contribution in [0.25, 0.3) is 0 Å². The van der Waals surface area contributed by atoms with Crippen LogP contribution in [0.3, 0.4) is 0 Å². The molecule has 1 aromatic heterocycles. The Kier molecular flexibility index (Phi) is 3.43. The molecule has 0 aromatic carbocycles. The van der Waals surface area contributed by atoms with E-state index in [-0.39, 0.29) is 0 Å². The van der Waals surface area contributed by atoms with E-state index in [4.69, 9.17) is 4.74 Å². The molecule has 2 fully saturated rings. The Hall–Kier alpha value is -1.20. The highest BCUT2D eigenvalue weighted by Gasteiger charge is 2.21. The number of hydrogen-bond acceptors (Lipinski definition) is 5. The maximum Gasteiger partial charge on any atom is 0.147 e. The molecule has 1 aromatic rings. The second-order valence-electron chi connectivity index (χ2n) is 5.14. The Morgan fingerprint density at radius 3 is 2.94 bits per heavy atom. The Morgan fingerprint density at radius 2 is 2.28 bits per heavy atom. The number of hydrogen-bond donors (Lipinski definition) is 1. The zero-order chi connectivity index (χ0) is 12.4. The molecule has 0 radical (unpaired) electrons. The zero-order valence-corrected chi connectivity index (χ0v) is 10.8. The average molecular weight is 248 g/mol. The molecule has 98 valence electrons. The Labute approximate surface area is 108 Å². The lowest BCUT2D eigenvalue weighted by atomic mass is 10.2. The fourth-order valence-corrected chi connectivity index (χ4v) is 2.19. The molecule has 0 amide bonds. The molecular formula is C13H20N4O. The molecule has 2 heterocycles. The molecule has 1 saturated carbocycles. The summed E-state index contributed by atoms with van der Waals surface area (Å²) in [5.41, 5.74) is 1.02. The molecule has 2 aliphatic rings. The number of ether oxygens (including phenoxy) is 1. The van der Waals surface area contributed by atoms with E-state index < -0.39 is 0 Å². The van der Waals surface area contributed by atoms with Gasteiger partial charge in [-0.3, -0.25) is 4.98 Å². The molecule has 1 aliphatic carbocycles. The van der Waals surface area contributed by atoms with Crippen LogP contribution < -0.4 is 10.2 Å². The van der Waals surface area contributed by atoms with Crippen molar-refractivity contribution in [2.45, 2.75) is 38.4 Å². The molecule has 5 nitrogen and oxygen atoms in total. The summed E-state index contributed by atoms with van der Waals surface area (Å²) in [7, 11) is 0. The van der Waals surface area contributed by atoms with Crippen molar-refractivity contribution in [3.05, 3.63) is 18.1 Å². The molecule has 1 aliphatic heterocycles. The highest BCUT2D eigenvalue weighted by atomic mass is 16.5. The van der Waals surface area contributed by atoms with E-state index >= 15 is 0 Å². The third-order valence-electron chi connectivity index (χ3n) is 3.50. The summed E-state index contributed by atoms with van der Waals surface area (Å²) in [5.74, 6) is 0.959. The van der Waals surface area contributed by atoms with Gasteiger partial charge < -0.3 is 15.0 Å². The molecule has 1 N–H and O–H groups in total. The van der Waals surface area contributed by atoms with Crippen LogP contribution in [-0.2, 0) is 11.3 Å². The summed E-state index contributed by atoms with van der Waals surface area (Å²) in [4.78, 5) is 11.3. The van der Waals surface area contributed by atoms with Crippen LogP contribution in [0.5, 0.6) is 0 Å². The first-order valence-electron chi connectivity index (χ1n) is 6.71. The van der Waals surface area contributed by atoms with Crippen molar-refractivity contribution < 1.29 is 4.74 Å². The molecule has 0 bridgehead atoms. The van der Waals surface area contributed by atoms with Crippen LogP contribution in [0.1, 0.15) is 25.5 Å². The molecule has 1 unspecified atom stereocenters. The van der Waals surface area contributed by atoms with Crippen LogP contribution in [-0.4, -0.2) is 41.8 Å². The summed E-state index contributed by atoms with van der Waals surface area (Å²) in [6.45, 7) is 5.43. The van der Waals surface area contributed by atoms with Gasteiger partial charge in [-0.1, -0.05) is 0 Å². The number of morpholine rings is 1. The second kappa shape index (κ2) is 5.20. The van der Waals surface area contributed by atoms with Crippen molar-refractivity contribution in [2.75, 3.05) is 24.7 Å². The number of rotatable bonds is 4. The van der Waals surface area contributed by atoms with Crippen LogP contribution in [0.4, 0.5) is 5.82 Å². The van der Waals surface area contributed by atoms with Crippen molar-refractivity contribution in [3.8, 4) is 0 Å². The van der Waals surface area contributed by atoms with Crippen LogP contribution >= 0.6 is 0 Å². The summed E-state index contributed by atoms with van der Waals surface area (Å²) in [6, 6.07) is 1.09. The Bertz CT molecular complexity index is 390. The predicted octanol–water partition coefficient (Wildman–Crippen LogP) is 0.954. The van der Waals surface area contributed by atoms with E-state index in [0.29, 0.717) is 12.1 Å². The fourth-order valence-electron chi connectivity index (χ4n) is 2.19. The van der Waals surface area contributed by atoms with Gasteiger partial charge in [0.25, 0.3) is 0 Å². The lowest BCUT2D eigenvalue weighted by Crippen LogP contribution is -2.44. The summed E-state index contributed by atoms with van der Waals surface area (Å²) in [6.07, 6.45) is 6.37.